The molecule has 4 aromatic rings. The number of hydrogen-bond acceptors (Lipinski definition) is 6. The molecule has 0 spiro atoms. The number of carbonyl (C=O) groups excluding carboxylic acids is 5. The summed E-state index contributed by atoms with van der Waals surface area (Å²) in [7, 11) is 0. The number of carbonyl (C=O) groups is 5. The van der Waals surface area contributed by atoms with Crippen LogP contribution >= 0.6 is 0 Å². The molecule has 0 aliphatic rings. The topological polar surface area (TPSA) is 108 Å². The molecular weight excluding hydrogens is 569 g/mol. The number of hydrogen-bond donors (Lipinski definition) is 0. The van der Waals surface area contributed by atoms with Crippen LogP contribution in [0.1, 0.15) is 48.4 Å². The maximum absolute atomic E-state index is 11.8. The first-order valence-electron chi connectivity index (χ1n) is 11.5. The smallest absolute Gasteiger partial charge is 0.550 e. The molecule has 0 N–H and O–H groups in total. The molecule has 0 radical (unpaired) electrons. The Kier molecular flexibility index (Phi) is 15.3. The number of benzene rings is 4. The molecular formula is C32H25O6Y. The zero-order valence-electron chi connectivity index (χ0n) is 21.2. The predicted octanol–water partition coefficient (Wildman–Crippen LogP) is 4.67. The van der Waals surface area contributed by atoms with Gasteiger partial charge < -0.3 is 29.1 Å². The first-order chi connectivity index (χ1) is 18.3. The van der Waals surface area contributed by atoms with E-state index in [0.717, 1.165) is 19.8 Å². The first-order valence-corrected chi connectivity index (χ1v) is 11.5. The average Bonchev–Trinajstić information content (AvgIpc) is 2.95. The fourth-order valence-electron chi connectivity index (χ4n) is 2.98. The van der Waals surface area contributed by atoms with Crippen LogP contribution in [-0.4, -0.2) is 29.1 Å². The van der Waals surface area contributed by atoms with E-state index < -0.39 is 5.97 Å². The zero-order valence-corrected chi connectivity index (χ0v) is 24.1. The Bertz CT molecular complexity index is 1130. The van der Waals surface area contributed by atoms with Crippen LogP contribution in [0, 0.1) is 12.8 Å². The molecule has 6 nitrogen and oxygen atoms in total. The largest absolute Gasteiger partial charge is 3.00 e. The Morgan fingerprint density at radius 1 is 0.436 bits per heavy atom. The fourth-order valence-corrected chi connectivity index (χ4v) is 2.98. The Hall–Kier alpha value is -4.13. The van der Waals surface area contributed by atoms with Crippen LogP contribution in [0.3, 0.4) is 0 Å². The van der Waals surface area contributed by atoms with Crippen LogP contribution in [-0.2, 0) is 37.5 Å². The Labute approximate surface area is 253 Å². The summed E-state index contributed by atoms with van der Waals surface area (Å²) < 4.78 is 0. The van der Waals surface area contributed by atoms with Crippen molar-refractivity contribution in [2.75, 3.05) is 0 Å². The van der Waals surface area contributed by atoms with Crippen LogP contribution in [0.15, 0.2) is 121 Å². The normalized spacial score (nSPS) is 9.05. The monoisotopic (exact) mass is 594 g/mol. The predicted molar refractivity (Wildman–Crippen MR) is 142 cm³/mol. The van der Waals surface area contributed by atoms with Gasteiger partial charge >= 0.3 is 32.7 Å². The third kappa shape index (κ3) is 12.8. The summed E-state index contributed by atoms with van der Waals surface area (Å²) in [5.74, 6) is -2.14. The molecule has 0 amide bonds. The number of aliphatic carboxylic acids is 1. The van der Waals surface area contributed by atoms with Crippen molar-refractivity contribution in [1.29, 1.82) is 0 Å². The maximum atomic E-state index is 11.8. The molecule has 4 aromatic carbocycles. The molecule has 0 atom stereocenters. The molecule has 0 saturated heterocycles. The molecule has 0 bridgehead atoms. The molecule has 0 unspecified atom stereocenters. The SMILES string of the molecule is CC(=O)[O-].O=C([CH-]C(=O)c1ccccc1)c1ccccc1.O=C([CH-]C(=O)c1ccccc1)c1ccccc1.[Y+3]. The van der Waals surface area contributed by atoms with E-state index in [1.54, 1.807) is 97.1 Å². The van der Waals surface area contributed by atoms with Gasteiger partial charge in [0.2, 0.25) is 0 Å². The van der Waals surface area contributed by atoms with Gasteiger partial charge in [-0.05, 0) is 6.92 Å². The summed E-state index contributed by atoms with van der Waals surface area (Å²) in [5.41, 5.74) is 2.10. The Balaban J connectivity index is 0.000000336. The Morgan fingerprint density at radius 2 is 0.590 bits per heavy atom. The van der Waals surface area contributed by atoms with Crippen molar-refractivity contribution in [3.63, 3.8) is 0 Å². The molecule has 0 heterocycles. The third-order valence-corrected chi connectivity index (χ3v) is 4.76. The van der Waals surface area contributed by atoms with Crippen molar-refractivity contribution in [2.24, 2.45) is 0 Å². The van der Waals surface area contributed by atoms with Gasteiger partial charge in [-0.25, -0.2) is 0 Å². The number of carboxylic acid groups (broad SMARTS) is 1. The fraction of sp³-hybridized carbons (Fsp3) is 0.0312. The minimum atomic E-state index is -1.08. The summed E-state index contributed by atoms with van der Waals surface area (Å²) in [5, 5.41) is 8.89. The van der Waals surface area contributed by atoms with Crippen molar-refractivity contribution in [1.82, 2.24) is 0 Å². The van der Waals surface area contributed by atoms with E-state index in [1.165, 1.54) is 0 Å². The van der Waals surface area contributed by atoms with Gasteiger partial charge in [-0.2, -0.15) is 0 Å². The van der Waals surface area contributed by atoms with E-state index in [2.05, 4.69) is 0 Å². The van der Waals surface area contributed by atoms with Gasteiger partial charge in [-0.15, -0.1) is 48.5 Å². The van der Waals surface area contributed by atoms with Gasteiger partial charge in [-0.1, -0.05) is 108 Å². The third-order valence-electron chi connectivity index (χ3n) is 4.76. The van der Waals surface area contributed by atoms with Crippen molar-refractivity contribution >= 4 is 29.1 Å². The van der Waals surface area contributed by atoms with E-state index in [1.807, 2.05) is 24.3 Å². The van der Waals surface area contributed by atoms with Crippen LogP contribution in [0.2, 0.25) is 0 Å². The molecule has 0 aliphatic heterocycles. The van der Waals surface area contributed by atoms with E-state index >= 15 is 0 Å². The number of Topliss-reactive ketones (excluding diaryl/α,β-unsaturated/α-hetero) is 4. The molecule has 0 aromatic heterocycles. The van der Waals surface area contributed by atoms with Crippen LogP contribution in [0.5, 0.6) is 0 Å². The second-order valence-corrected chi connectivity index (χ2v) is 7.70. The van der Waals surface area contributed by atoms with E-state index in [-0.39, 0.29) is 55.8 Å². The summed E-state index contributed by atoms with van der Waals surface area (Å²) in [6.07, 6.45) is 2.26. The van der Waals surface area contributed by atoms with Gasteiger partial charge in [0, 0.05) is 5.97 Å². The van der Waals surface area contributed by atoms with Crippen molar-refractivity contribution in [3.8, 4) is 0 Å². The van der Waals surface area contributed by atoms with E-state index in [9.17, 15) is 19.2 Å². The number of ketones is 4. The van der Waals surface area contributed by atoms with Crippen molar-refractivity contribution in [2.45, 2.75) is 6.92 Å². The molecule has 4 rings (SSSR count). The summed E-state index contributed by atoms with van der Waals surface area (Å²) >= 11 is 0. The Morgan fingerprint density at radius 3 is 0.744 bits per heavy atom. The zero-order chi connectivity index (χ0) is 27.8. The maximum Gasteiger partial charge on any atom is 3.00 e. The van der Waals surface area contributed by atoms with Gasteiger partial charge in [0.15, 0.2) is 0 Å². The first kappa shape index (κ1) is 32.9. The molecule has 0 saturated carbocycles. The molecule has 7 heteroatoms. The van der Waals surface area contributed by atoms with Gasteiger partial charge in [0.25, 0.3) is 0 Å². The van der Waals surface area contributed by atoms with Gasteiger partial charge in [-0.3, -0.25) is 0 Å². The summed E-state index contributed by atoms with van der Waals surface area (Å²) in [4.78, 5) is 55.9. The summed E-state index contributed by atoms with van der Waals surface area (Å²) in [6, 6.07) is 35.0. The molecule has 39 heavy (non-hydrogen) atoms. The average molecular weight is 594 g/mol. The molecule has 0 fully saturated rings. The van der Waals surface area contributed by atoms with Gasteiger partial charge in [0.05, 0.1) is 23.1 Å². The molecule has 0 aliphatic carbocycles. The molecule has 192 valence electrons. The van der Waals surface area contributed by atoms with Crippen molar-refractivity contribution < 1.29 is 61.8 Å². The summed E-state index contributed by atoms with van der Waals surface area (Å²) in [6.45, 7) is 0.972. The van der Waals surface area contributed by atoms with E-state index in [4.69, 9.17) is 9.90 Å². The van der Waals surface area contributed by atoms with Crippen LogP contribution in [0.25, 0.3) is 0 Å². The van der Waals surface area contributed by atoms with Gasteiger partial charge in [0.1, 0.15) is 0 Å². The standard InChI is InChI=1S/2C15H11O2.C2H4O2.Y/c2*16-14(12-7-3-1-4-8-12)11-15(17)13-9-5-2-6-10-13;1-2(3)4;/h2*1-11H;1H3,(H,3,4);/q2*-1;;+3/p-1. The van der Waals surface area contributed by atoms with Crippen LogP contribution in [0.4, 0.5) is 0 Å². The second kappa shape index (κ2) is 18.2. The van der Waals surface area contributed by atoms with Crippen LogP contribution < -0.4 is 5.11 Å². The minimum absolute atomic E-state index is 0. The number of rotatable bonds is 8. The van der Waals surface area contributed by atoms with E-state index in [0.29, 0.717) is 22.3 Å². The quantitative estimate of drug-likeness (QED) is 0.167. The minimum Gasteiger partial charge on any atom is -0.550 e. The van der Waals surface area contributed by atoms with Crippen molar-refractivity contribution in [3.05, 3.63) is 156 Å². The second-order valence-electron chi connectivity index (χ2n) is 7.70. The number of carboxylic acids is 1.